The molecule has 1 aliphatic rings. The first-order valence-corrected chi connectivity index (χ1v) is 5.06. The monoisotopic (exact) mass is 185 g/mol. The van der Waals surface area contributed by atoms with Crippen molar-refractivity contribution in [2.45, 2.75) is 31.7 Å². The molecule has 0 aromatic rings. The molecule has 0 saturated carbocycles. The van der Waals surface area contributed by atoms with Gasteiger partial charge < -0.3 is 16.4 Å². The van der Waals surface area contributed by atoms with Crippen molar-refractivity contribution in [1.29, 1.82) is 0 Å². The molecule has 0 aliphatic carbocycles. The van der Waals surface area contributed by atoms with Gasteiger partial charge in [0.25, 0.3) is 0 Å². The van der Waals surface area contributed by atoms with Crippen LogP contribution in [0, 0.1) is 0 Å². The summed E-state index contributed by atoms with van der Waals surface area (Å²) in [5.41, 5.74) is 5.30. The molecule has 1 unspecified atom stereocenters. The van der Waals surface area contributed by atoms with Crippen molar-refractivity contribution < 1.29 is 4.79 Å². The third kappa shape index (κ3) is 3.74. The molecule has 1 aliphatic heterocycles. The normalized spacial score (nSPS) is 23.6. The van der Waals surface area contributed by atoms with Crippen molar-refractivity contribution in [3.8, 4) is 0 Å². The van der Waals surface area contributed by atoms with Crippen LogP contribution in [0.15, 0.2) is 0 Å². The Morgan fingerprint density at radius 2 is 2.31 bits per heavy atom. The van der Waals surface area contributed by atoms with Crippen LogP contribution in [0.3, 0.4) is 0 Å². The van der Waals surface area contributed by atoms with E-state index in [9.17, 15) is 4.79 Å². The molecule has 0 spiro atoms. The van der Waals surface area contributed by atoms with E-state index in [1.807, 2.05) is 0 Å². The van der Waals surface area contributed by atoms with Crippen molar-refractivity contribution in [3.63, 3.8) is 0 Å². The van der Waals surface area contributed by atoms with Crippen LogP contribution >= 0.6 is 0 Å². The second kappa shape index (κ2) is 5.94. The van der Waals surface area contributed by atoms with Gasteiger partial charge in [0.2, 0.25) is 5.91 Å². The van der Waals surface area contributed by atoms with E-state index in [1.54, 1.807) is 0 Å². The zero-order chi connectivity index (χ0) is 9.52. The quantitative estimate of drug-likeness (QED) is 0.560. The Morgan fingerprint density at radius 1 is 1.46 bits per heavy atom. The van der Waals surface area contributed by atoms with Crippen LogP contribution < -0.4 is 16.4 Å². The molecule has 4 nitrogen and oxygen atoms in total. The maximum absolute atomic E-state index is 11.5. The maximum atomic E-state index is 11.5. The Balaban J connectivity index is 2.26. The van der Waals surface area contributed by atoms with Crippen LogP contribution in [0.25, 0.3) is 0 Å². The molecule has 1 amide bonds. The fourth-order valence-corrected chi connectivity index (χ4v) is 1.57. The van der Waals surface area contributed by atoms with E-state index in [0.717, 1.165) is 19.4 Å². The lowest BCUT2D eigenvalue weighted by atomic mass is 10.1. The summed E-state index contributed by atoms with van der Waals surface area (Å²) in [6, 6.07) is 0.00838. The molecule has 76 valence electrons. The Bertz CT molecular complexity index is 153. The predicted molar refractivity (Wildman–Crippen MR) is 52.3 cm³/mol. The summed E-state index contributed by atoms with van der Waals surface area (Å²) < 4.78 is 0. The lowest BCUT2D eigenvalue weighted by Crippen LogP contribution is -2.45. The van der Waals surface area contributed by atoms with E-state index < -0.39 is 0 Å². The summed E-state index contributed by atoms with van der Waals surface area (Å²) in [5, 5.41) is 6.04. The molecule has 1 fully saturated rings. The topological polar surface area (TPSA) is 67.1 Å². The lowest BCUT2D eigenvalue weighted by molar-refractivity contribution is -0.123. The van der Waals surface area contributed by atoms with Gasteiger partial charge in [-0.1, -0.05) is 12.8 Å². The average molecular weight is 185 g/mol. The van der Waals surface area contributed by atoms with Gasteiger partial charge >= 0.3 is 0 Å². The molecule has 1 rings (SSSR count). The average Bonchev–Trinajstić information content (AvgIpc) is 2.42. The van der Waals surface area contributed by atoms with Crippen LogP contribution in [-0.2, 0) is 4.79 Å². The van der Waals surface area contributed by atoms with Gasteiger partial charge in [0.15, 0.2) is 0 Å². The van der Waals surface area contributed by atoms with Gasteiger partial charge in [0.05, 0.1) is 6.04 Å². The number of amides is 1. The van der Waals surface area contributed by atoms with E-state index in [0.29, 0.717) is 13.1 Å². The van der Waals surface area contributed by atoms with Crippen molar-refractivity contribution in [2.75, 3.05) is 19.6 Å². The number of carbonyl (C=O) groups excluding carboxylic acids is 1. The molecule has 1 atom stereocenters. The first-order chi connectivity index (χ1) is 6.34. The molecule has 0 bridgehead atoms. The summed E-state index contributed by atoms with van der Waals surface area (Å²) in [6.45, 7) is 2.05. The minimum Gasteiger partial charge on any atom is -0.353 e. The smallest absolute Gasteiger partial charge is 0.237 e. The number of rotatable bonds is 3. The van der Waals surface area contributed by atoms with E-state index in [-0.39, 0.29) is 11.9 Å². The number of nitrogens with one attached hydrogen (secondary N) is 2. The van der Waals surface area contributed by atoms with Crippen LogP contribution in [0.2, 0.25) is 0 Å². The zero-order valence-electron chi connectivity index (χ0n) is 8.01. The van der Waals surface area contributed by atoms with E-state index in [4.69, 9.17) is 5.73 Å². The van der Waals surface area contributed by atoms with Crippen LogP contribution in [0.4, 0.5) is 0 Å². The van der Waals surface area contributed by atoms with Crippen molar-refractivity contribution in [3.05, 3.63) is 0 Å². The fourth-order valence-electron chi connectivity index (χ4n) is 1.57. The van der Waals surface area contributed by atoms with Crippen LogP contribution in [0.1, 0.15) is 25.7 Å². The first-order valence-electron chi connectivity index (χ1n) is 5.06. The number of hydrogen-bond donors (Lipinski definition) is 3. The van der Waals surface area contributed by atoms with Gasteiger partial charge in [-0.3, -0.25) is 4.79 Å². The summed E-state index contributed by atoms with van der Waals surface area (Å²) >= 11 is 0. The Morgan fingerprint density at radius 3 is 3.08 bits per heavy atom. The molecule has 13 heavy (non-hydrogen) atoms. The molecule has 4 heteroatoms. The zero-order valence-corrected chi connectivity index (χ0v) is 8.01. The fraction of sp³-hybridized carbons (Fsp3) is 0.889. The molecule has 0 radical (unpaired) electrons. The standard InChI is InChI=1S/C9H19N3O/c10-5-7-12-9(13)8-4-2-1-3-6-11-8/h8,11H,1-7,10H2,(H,12,13). The Kier molecular flexibility index (Phi) is 4.78. The van der Waals surface area contributed by atoms with Crippen molar-refractivity contribution >= 4 is 5.91 Å². The molecule has 1 saturated heterocycles. The van der Waals surface area contributed by atoms with Gasteiger partial charge in [0.1, 0.15) is 0 Å². The highest BCUT2D eigenvalue weighted by molar-refractivity contribution is 5.81. The predicted octanol–water partition coefficient (Wildman–Crippen LogP) is -0.407. The van der Waals surface area contributed by atoms with Gasteiger partial charge in [-0.15, -0.1) is 0 Å². The highest BCUT2D eigenvalue weighted by Gasteiger charge is 2.18. The van der Waals surface area contributed by atoms with Gasteiger partial charge in [0, 0.05) is 13.1 Å². The third-order valence-electron chi connectivity index (χ3n) is 2.32. The highest BCUT2D eigenvalue weighted by Crippen LogP contribution is 2.07. The van der Waals surface area contributed by atoms with Crippen molar-refractivity contribution in [1.82, 2.24) is 10.6 Å². The second-order valence-electron chi connectivity index (χ2n) is 3.44. The molecular weight excluding hydrogens is 166 g/mol. The molecule has 0 aromatic carbocycles. The van der Waals surface area contributed by atoms with E-state index in [2.05, 4.69) is 10.6 Å². The lowest BCUT2D eigenvalue weighted by Gasteiger charge is -2.14. The van der Waals surface area contributed by atoms with Gasteiger partial charge in [-0.25, -0.2) is 0 Å². The van der Waals surface area contributed by atoms with Gasteiger partial charge in [-0.05, 0) is 19.4 Å². The van der Waals surface area contributed by atoms with Gasteiger partial charge in [-0.2, -0.15) is 0 Å². The highest BCUT2D eigenvalue weighted by atomic mass is 16.2. The summed E-state index contributed by atoms with van der Waals surface area (Å²) in [6.07, 6.45) is 4.51. The Hall–Kier alpha value is -0.610. The minimum atomic E-state index is 0.00838. The van der Waals surface area contributed by atoms with E-state index >= 15 is 0 Å². The SMILES string of the molecule is NCCNC(=O)C1CCCCCN1. The second-order valence-corrected chi connectivity index (χ2v) is 3.44. The van der Waals surface area contributed by atoms with Crippen LogP contribution in [-0.4, -0.2) is 31.6 Å². The van der Waals surface area contributed by atoms with Crippen molar-refractivity contribution in [2.24, 2.45) is 5.73 Å². The molecule has 0 aromatic heterocycles. The minimum absolute atomic E-state index is 0.00838. The van der Waals surface area contributed by atoms with Crippen LogP contribution in [0.5, 0.6) is 0 Å². The summed E-state index contributed by atoms with van der Waals surface area (Å²) in [4.78, 5) is 11.5. The Labute approximate surface area is 79.3 Å². The number of nitrogens with two attached hydrogens (primary N) is 1. The number of carbonyl (C=O) groups is 1. The van der Waals surface area contributed by atoms with E-state index in [1.165, 1.54) is 12.8 Å². The molecule has 4 N–H and O–H groups in total. The molecular formula is C9H19N3O. The third-order valence-corrected chi connectivity index (χ3v) is 2.32. The first kappa shape index (κ1) is 10.5. The largest absolute Gasteiger partial charge is 0.353 e. The maximum Gasteiger partial charge on any atom is 0.237 e. The molecule has 1 heterocycles. The summed E-state index contributed by atoms with van der Waals surface area (Å²) in [7, 11) is 0. The number of hydrogen-bond acceptors (Lipinski definition) is 3. The summed E-state index contributed by atoms with van der Waals surface area (Å²) in [5.74, 6) is 0.104.